The number of nitrogens with one attached hydrogen (secondary N) is 1. The third-order valence-corrected chi connectivity index (χ3v) is 5.57. The molecule has 0 saturated heterocycles. The maximum absolute atomic E-state index is 12.7. The topological polar surface area (TPSA) is 36.1 Å². The van der Waals surface area contributed by atoms with Crippen LogP contribution in [0.2, 0.25) is 0 Å². The van der Waals surface area contributed by atoms with E-state index >= 15 is 0 Å². The second-order valence-corrected chi connectivity index (χ2v) is 7.38. The number of hydrogen-bond donors (Lipinski definition) is 1. The molecule has 3 nitrogen and oxygen atoms in total. The van der Waals surface area contributed by atoms with Crippen molar-refractivity contribution in [1.82, 2.24) is 9.88 Å². The monoisotopic (exact) mass is 366 g/mol. The minimum atomic E-state index is -0.0109. The molecule has 1 atom stereocenters. The maximum atomic E-state index is 12.7. The van der Waals surface area contributed by atoms with E-state index in [-0.39, 0.29) is 17.8 Å². The van der Waals surface area contributed by atoms with E-state index in [0.717, 1.165) is 30.3 Å². The molecule has 26 heavy (non-hydrogen) atoms. The van der Waals surface area contributed by atoms with Gasteiger partial charge in [0.1, 0.15) is 5.88 Å². The number of benzene rings is 2. The highest BCUT2D eigenvalue weighted by Crippen LogP contribution is 2.39. The average Bonchev–Trinajstić information content (AvgIpc) is 3.04. The summed E-state index contributed by atoms with van der Waals surface area (Å²) >= 11 is 5.96. The second kappa shape index (κ2) is 7.16. The highest BCUT2D eigenvalue weighted by molar-refractivity contribution is 6.27. The van der Waals surface area contributed by atoms with Gasteiger partial charge in [-0.3, -0.25) is 4.79 Å². The Morgan fingerprint density at radius 3 is 2.81 bits per heavy atom. The van der Waals surface area contributed by atoms with Gasteiger partial charge in [0.2, 0.25) is 5.91 Å². The fourth-order valence-corrected chi connectivity index (χ4v) is 4.25. The number of halogens is 1. The van der Waals surface area contributed by atoms with Crippen LogP contribution in [0.25, 0.3) is 10.9 Å². The minimum Gasteiger partial charge on any atom is -0.356 e. The number of nitrogens with zero attached hydrogens (tertiary/aromatic N) is 1. The maximum Gasteiger partial charge on any atom is 0.238 e. The summed E-state index contributed by atoms with van der Waals surface area (Å²) < 4.78 is 0. The lowest BCUT2D eigenvalue weighted by atomic mass is 9.90. The molecule has 134 valence electrons. The predicted octanol–water partition coefficient (Wildman–Crippen LogP) is 5.12. The smallest absolute Gasteiger partial charge is 0.238 e. The van der Waals surface area contributed by atoms with Gasteiger partial charge in [-0.05, 0) is 49.4 Å². The molecule has 1 unspecified atom stereocenters. The first-order chi connectivity index (χ1) is 12.7. The number of alkyl halides is 1. The van der Waals surface area contributed by atoms with Crippen LogP contribution < -0.4 is 0 Å². The molecule has 0 aliphatic heterocycles. The van der Waals surface area contributed by atoms with Crippen LogP contribution in [0.15, 0.2) is 48.5 Å². The van der Waals surface area contributed by atoms with Crippen LogP contribution in [-0.2, 0) is 17.8 Å². The van der Waals surface area contributed by atoms with Gasteiger partial charge in [0.25, 0.3) is 0 Å². The van der Waals surface area contributed by atoms with E-state index < -0.39 is 0 Å². The number of aromatic nitrogens is 1. The van der Waals surface area contributed by atoms with Gasteiger partial charge in [0, 0.05) is 23.1 Å². The molecule has 1 aliphatic carbocycles. The quantitative estimate of drug-likeness (QED) is 0.639. The summed E-state index contributed by atoms with van der Waals surface area (Å²) in [5, 5.41) is 1.29. The Balaban J connectivity index is 1.76. The Morgan fingerprint density at radius 1 is 1.23 bits per heavy atom. The van der Waals surface area contributed by atoms with Gasteiger partial charge in [-0.1, -0.05) is 42.0 Å². The molecular weight excluding hydrogens is 344 g/mol. The van der Waals surface area contributed by atoms with E-state index in [4.69, 9.17) is 11.6 Å². The SMILES string of the molecule is Cc1ccc2[nH]c3c(c2c1)CCCC3N(Cc1ccccc1)C(=O)CCl. The number of amides is 1. The molecule has 0 spiro atoms. The van der Waals surface area contributed by atoms with Crippen molar-refractivity contribution >= 4 is 28.4 Å². The molecule has 1 heterocycles. The number of aromatic amines is 1. The van der Waals surface area contributed by atoms with Crippen molar-refractivity contribution in [2.24, 2.45) is 0 Å². The Kier molecular flexibility index (Phi) is 4.73. The third kappa shape index (κ3) is 3.12. The lowest BCUT2D eigenvalue weighted by Gasteiger charge is -2.34. The van der Waals surface area contributed by atoms with E-state index in [0.29, 0.717) is 6.54 Å². The van der Waals surface area contributed by atoms with Crippen LogP contribution in [0.1, 0.15) is 41.3 Å². The van der Waals surface area contributed by atoms with Gasteiger partial charge in [0.15, 0.2) is 0 Å². The summed E-state index contributed by atoms with van der Waals surface area (Å²) in [5.41, 5.74) is 6.10. The number of fused-ring (bicyclic) bond motifs is 3. The lowest BCUT2D eigenvalue weighted by molar-refractivity contribution is -0.132. The van der Waals surface area contributed by atoms with Crippen molar-refractivity contribution in [3.05, 3.63) is 70.9 Å². The van der Waals surface area contributed by atoms with E-state index in [1.54, 1.807) is 0 Å². The zero-order valence-electron chi connectivity index (χ0n) is 15.0. The normalized spacial score (nSPS) is 16.5. The second-order valence-electron chi connectivity index (χ2n) is 7.12. The van der Waals surface area contributed by atoms with Crippen molar-refractivity contribution in [2.75, 3.05) is 5.88 Å². The van der Waals surface area contributed by atoms with Crippen molar-refractivity contribution < 1.29 is 4.79 Å². The standard InChI is InChI=1S/C22H23ClN2O/c1-15-10-11-19-18(12-15)17-8-5-9-20(22(17)24-19)25(21(26)13-23)14-16-6-3-2-4-7-16/h2-4,6-7,10-12,20,24H,5,8-9,13-14H2,1H3. The first-order valence-electron chi connectivity index (χ1n) is 9.18. The molecule has 4 heteroatoms. The first-order valence-corrected chi connectivity index (χ1v) is 9.71. The Bertz CT molecular complexity index is 932. The molecule has 1 N–H and O–H groups in total. The van der Waals surface area contributed by atoms with Crippen LogP contribution in [0, 0.1) is 6.92 Å². The number of carbonyl (C=O) groups is 1. The van der Waals surface area contributed by atoms with Gasteiger partial charge in [0.05, 0.1) is 6.04 Å². The van der Waals surface area contributed by atoms with Crippen LogP contribution in [0.3, 0.4) is 0 Å². The van der Waals surface area contributed by atoms with Crippen molar-refractivity contribution in [1.29, 1.82) is 0 Å². The van der Waals surface area contributed by atoms with Crippen molar-refractivity contribution in [3.8, 4) is 0 Å². The molecule has 0 fully saturated rings. The van der Waals surface area contributed by atoms with Crippen molar-refractivity contribution in [3.63, 3.8) is 0 Å². The highest BCUT2D eigenvalue weighted by Gasteiger charge is 2.31. The number of aryl methyl sites for hydroxylation is 2. The number of carbonyl (C=O) groups excluding carboxylic acids is 1. The van der Waals surface area contributed by atoms with Gasteiger partial charge < -0.3 is 9.88 Å². The molecule has 1 aliphatic rings. The zero-order chi connectivity index (χ0) is 18.1. The van der Waals surface area contributed by atoms with Gasteiger partial charge in [-0.2, -0.15) is 0 Å². The van der Waals surface area contributed by atoms with Gasteiger partial charge in [-0.25, -0.2) is 0 Å². The Morgan fingerprint density at radius 2 is 2.04 bits per heavy atom. The van der Waals surface area contributed by atoms with Crippen LogP contribution in [-0.4, -0.2) is 21.7 Å². The molecule has 4 rings (SSSR count). The fourth-order valence-electron chi connectivity index (χ4n) is 4.09. The Labute approximate surface area is 159 Å². The molecule has 0 saturated carbocycles. The largest absolute Gasteiger partial charge is 0.356 e. The van der Waals surface area contributed by atoms with E-state index in [9.17, 15) is 4.79 Å². The molecular formula is C22H23ClN2O. The number of H-pyrrole nitrogens is 1. The third-order valence-electron chi connectivity index (χ3n) is 5.34. The van der Waals surface area contributed by atoms with E-state index in [1.165, 1.54) is 22.2 Å². The molecule has 0 bridgehead atoms. The molecule has 3 aromatic rings. The average molecular weight is 367 g/mol. The number of rotatable bonds is 4. The molecule has 0 radical (unpaired) electrons. The first kappa shape index (κ1) is 17.2. The summed E-state index contributed by atoms with van der Waals surface area (Å²) in [6, 6.07) is 16.7. The molecule has 1 amide bonds. The van der Waals surface area contributed by atoms with Crippen LogP contribution >= 0.6 is 11.6 Å². The van der Waals surface area contributed by atoms with E-state index in [1.807, 2.05) is 23.1 Å². The van der Waals surface area contributed by atoms with Crippen LogP contribution in [0.4, 0.5) is 0 Å². The number of hydrogen-bond acceptors (Lipinski definition) is 1. The summed E-state index contributed by atoms with van der Waals surface area (Å²) in [4.78, 5) is 18.2. The Hall–Kier alpha value is -2.26. The highest BCUT2D eigenvalue weighted by atomic mass is 35.5. The fraction of sp³-hybridized carbons (Fsp3) is 0.318. The summed E-state index contributed by atoms with van der Waals surface area (Å²) in [7, 11) is 0. The molecule has 2 aromatic carbocycles. The minimum absolute atomic E-state index is 0.0109. The molecule has 1 aromatic heterocycles. The lowest BCUT2D eigenvalue weighted by Crippen LogP contribution is -2.37. The summed E-state index contributed by atoms with van der Waals surface area (Å²) in [5.74, 6) is 0.000988. The van der Waals surface area contributed by atoms with Crippen LogP contribution in [0.5, 0.6) is 0 Å². The van der Waals surface area contributed by atoms with E-state index in [2.05, 4.69) is 42.2 Å². The predicted molar refractivity (Wildman–Crippen MR) is 106 cm³/mol. The zero-order valence-corrected chi connectivity index (χ0v) is 15.7. The summed E-state index contributed by atoms with van der Waals surface area (Å²) in [6.45, 7) is 2.71. The van der Waals surface area contributed by atoms with Gasteiger partial charge in [-0.15, -0.1) is 11.6 Å². The van der Waals surface area contributed by atoms with Crippen molar-refractivity contribution in [2.45, 2.75) is 38.8 Å². The summed E-state index contributed by atoms with van der Waals surface area (Å²) in [6.07, 6.45) is 3.11. The van der Waals surface area contributed by atoms with Gasteiger partial charge >= 0.3 is 0 Å².